The lowest BCUT2D eigenvalue weighted by molar-refractivity contribution is -0.130. The zero-order valence-electron chi connectivity index (χ0n) is 11.0. The van der Waals surface area contributed by atoms with Gasteiger partial charge in [-0.25, -0.2) is 0 Å². The molecule has 0 aliphatic rings. The molecule has 0 radical (unpaired) electrons. The number of hydrogen-bond donors (Lipinski definition) is 5. The number of carbonyl (C=O) groups excluding carboxylic acids is 1. The lowest BCUT2D eigenvalue weighted by Gasteiger charge is -2.32. The van der Waals surface area contributed by atoms with Crippen LogP contribution in [0.15, 0.2) is 0 Å². The molecule has 0 saturated carbocycles. The fourth-order valence-corrected chi connectivity index (χ4v) is 3.51. The fraction of sp³-hybridized carbons (Fsp3) is 0.889. The molecule has 0 unspecified atom stereocenters. The summed E-state index contributed by atoms with van der Waals surface area (Å²) in [6.45, 7) is 4.83. The smallest absolute Gasteiger partial charge is 0.367 e. The van der Waals surface area contributed by atoms with Crippen molar-refractivity contribution in [3.63, 3.8) is 0 Å². The maximum Gasteiger partial charge on any atom is 0.369 e. The monoisotopic (exact) mass is 318 g/mol. The highest BCUT2D eigenvalue weighted by atomic mass is 31.2. The Balaban J connectivity index is 5.60. The number of aliphatic hydroxyl groups is 1. The van der Waals surface area contributed by atoms with Gasteiger partial charge in [0.2, 0.25) is 0 Å². The minimum atomic E-state index is -5.58. The molecule has 0 aromatic heterocycles. The van der Waals surface area contributed by atoms with Crippen LogP contribution in [0.5, 0.6) is 0 Å². The summed E-state index contributed by atoms with van der Waals surface area (Å²) in [5.41, 5.74) is -1.00. The number of ketones is 1. The molecule has 0 aromatic carbocycles. The Morgan fingerprint density at radius 1 is 1.00 bits per heavy atom. The van der Waals surface area contributed by atoms with Gasteiger partial charge in [-0.3, -0.25) is 13.9 Å². The molecule has 0 spiro atoms. The third-order valence-electron chi connectivity index (χ3n) is 3.56. The average molecular weight is 318 g/mol. The average Bonchev–Trinajstić information content (AvgIpc) is 2.24. The second kappa shape index (κ2) is 5.74. The van der Waals surface area contributed by atoms with Crippen molar-refractivity contribution in [3.05, 3.63) is 0 Å². The van der Waals surface area contributed by atoms with Gasteiger partial charge in [-0.1, -0.05) is 20.8 Å². The van der Waals surface area contributed by atoms with E-state index in [2.05, 4.69) is 0 Å². The number of hydrogen-bond acceptors (Lipinski definition) is 4. The van der Waals surface area contributed by atoms with Crippen LogP contribution in [-0.4, -0.2) is 35.5 Å². The molecule has 0 rings (SSSR count). The first-order chi connectivity index (χ1) is 8.25. The van der Waals surface area contributed by atoms with E-state index < -0.39 is 37.9 Å². The molecule has 114 valence electrons. The molecule has 5 N–H and O–H groups in total. The SMILES string of the molecule is CCC(C)(CC)C(=O)CC(O)(P(=O)(O)O)P(=O)(O)O. The Bertz CT molecular complexity index is 408. The van der Waals surface area contributed by atoms with Gasteiger partial charge in [0.1, 0.15) is 5.78 Å². The van der Waals surface area contributed by atoms with Gasteiger partial charge in [-0.05, 0) is 12.8 Å². The third kappa shape index (κ3) is 3.73. The van der Waals surface area contributed by atoms with Crippen molar-refractivity contribution >= 4 is 21.0 Å². The first-order valence-corrected chi connectivity index (χ1v) is 8.84. The topological polar surface area (TPSA) is 152 Å². The van der Waals surface area contributed by atoms with Crippen LogP contribution >= 0.6 is 15.2 Å². The van der Waals surface area contributed by atoms with Gasteiger partial charge in [0.15, 0.2) is 0 Å². The minimum Gasteiger partial charge on any atom is -0.367 e. The quantitative estimate of drug-likeness (QED) is 0.432. The van der Waals surface area contributed by atoms with Crippen molar-refractivity contribution in [1.29, 1.82) is 0 Å². The zero-order chi connectivity index (χ0) is 15.7. The Labute approximate surface area is 111 Å². The normalized spacial score (nSPS) is 14.5. The molecule has 0 aromatic rings. The van der Waals surface area contributed by atoms with E-state index in [1.165, 1.54) is 6.92 Å². The molecule has 0 bridgehead atoms. The van der Waals surface area contributed by atoms with Crippen molar-refractivity contribution in [1.82, 2.24) is 0 Å². The second-order valence-corrected chi connectivity index (χ2v) is 8.74. The molecular formula is C9H20O8P2. The molecule has 0 fully saturated rings. The molecular weight excluding hydrogens is 298 g/mol. The summed E-state index contributed by atoms with van der Waals surface area (Å²) in [5, 5.41) is 6.00. The lowest BCUT2D eigenvalue weighted by atomic mass is 9.79. The van der Waals surface area contributed by atoms with Gasteiger partial charge in [0.05, 0.1) is 6.42 Å². The third-order valence-corrected chi connectivity index (χ3v) is 7.31. The Kier molecular flexibility index (Phi) is 5.72. The fourth-order valence-electron chi connectivity index (χ4n) is 1.45. The maximum atomic E-state index is 12.0. The highest BCUT2D eigenvalue weighted by Gasteiger charge is 2.61. The van der Waals surface area contributed by atoms with Gasteiger partial charge in [-0.2, -0.15) is 0 Å². The van der Waals surface area contributed by atoms with Crippen LogP contribution in [-0.2, 0) is 13.9 Å². The summed E-state index contributed by atoms with van der Waals surface area (Å²) in [7, 11) is -11.2. The predicted molar refractivity (Wildman–Crippen MR) is 67.4 cm³/mol. The highest BCUT2D eigenvalue weighted by Crippen LogP contribution is 2.69. The van der Waals surface area contributed by atoms with Crippen LogP contribution in [0.4, 0.5) is 0 Å². The molecule has 0 atom stereocenters. The molecule has 19 heavy (non-hydrogen) atoms. The molecule has 0 aliphatic heterocycles. The van der Waals surface area contributed by atoms with Gasteiger partial charge >= 0.3 is 15.2 Å². The maximum absolute atomic E-state index is 12.0. The van der Waals surface area contributed by atoms with Crippen molar-refractivity contribution in [3.8, 4) is 0 Å². The summed E-state index contributed by atoms with van der Waals surface area (Å²) in [6, 6.07) is 0. The van der Waals surface area contributed by atoms with E-state index in [9.17, 15) is 19.0 Å². The Hall–Kier alpha value is -0.0700. The van der Waals surface area contributed by atoms with E-state index in [0.29, 0.717) is 12.8 Å². The van der Waals surface area contributed by atoms with Crippen molar-refractivity contribution in [2.45, 2.75) is 45.1 Å². The molecule has 8 nitrogen and oxygen atoms in total. The first-order valence-electron chi connectivity index (χ1n) is 5.62. The van der Waals surface area contributed by atoms with Crippen molar-refractivity contribution in [2.75, 3.05) is 0 Å². The summed E-state index contributed by atoms with van der Waals surface area (Å²) in [5.74, 6) is -0.799. The van der Waals surface area contributed by atoms with E-state index in [4.69, 9.17) is 19.6 Å². The highest BCUT2D eigenvalue weighted by molar-refractivity contribution is 7.72. The predicted octanol–water partition coefficient (Wildman–Crippen LogP) is 0.773. The Morgan fingerprint density at radius 2 is 1.32 bits per heavy atom. The van der Waals surface area contributed by atoms with Crippen LogP contribution in [0, 0.1) is 5.41 Å². The van der Waals surface area contributed by atoms with Crippen molar-refractivity contribution < 1.29 is 38.6 Å². The van der Waals surface area contributed by atoms with E-state index in [1.807, 2.05) is 0 Å². The largest absolute Gasteiger partial charge is 0.369 e. The Morgan fingerprint density at radius 3 is 1.53 bits per heavy atom. The van der Waals surface area contributed by atoms with Crippen LogP contribution in [0.3, 0.4) is 0 Å². The van der Waals surface area contributed by atoms with Gasteiger partial charge < -0.3 is 24.7 Å². The zero-order valence-corrected chi connectivity index (χ0v) is 12.8. The summed E-state index contributed by atoms with van der Waals surface area (Å²) < 4.78 is 22.3. The summed E-state index contributed by atoms with van der Waals surface area (Å²) in [6.07, 6.45) is -0.652. The second-order valence-electron chi connectivity index (χ2n) is 4.73. The van der Waals surface area contributed by atoms with E-state index in [1.54, 1.807) is 13.8 Å². The molecule has 10 heteroatoms. The van der Waals surface area contributed by atoms with E-state index in [0.717, 1.165) is 0 Å². The van der Waals surface area contributed by atoms with Crippen LogP contribution in [0.1, 0.15) is 40.0 Å². The molecule has 0 aliphatic carbocycles. The first kappa shape index (κ1) is 18.9. The van der Waals surface area contributed by atoms with Crippen LogP contribution in [0.2, 0.25) is 0 Å². The van der Waals surface area contributed by atoms with E-state index >= 15 is 0 Å². The summed E-state index contributed by atoms with van der Waals surface area (Å²) >= 11 is 0. The standard InChI is InChI=1S/C9H20O8P2/c1-4-8(3,5-2)7(10)6-9(11,18(12,13)14)19(15,16)17/h11H,4-6H2,1-3H3,(H2,12,13,14)(H2,15,16,17). The van der Waals surface area contributed by atoms with Gasteiger partial charge in [0, 0.05) is 5.41 Å². The van der Waals surface area contributed by atoms with Gasteiger partial charge in [0.25, 0.3) is 5.08 Å². The number of rotatable bonds is 7. The van der Waals surface area contributed by atoms with E-state index in [-0.39, 0.29) is 0 Å². The van der Waals surface area contributed by atoms with Crippen LogP contribution in [0.25, 0.3) is 0 Å². The number of Topliss-reactive ketones (excluding diaryl/α,β-unsaturated/α-hetero) is 1. The lowest BCUT2D eigenvalue weighted by Crippen LogP contribution is -2.37. The number of carbonyl (C=O) groups is 1. The molecule has 0 heterocycles. The van der Waals surface area contributed by atoms with Crippen molar-refractivity contribution in [2.24, 2.45) is 5.41 Å². The summed E-state index contributed by atoms with van der Waals surface area (Å²) in [4.78, 5) is 47.8. The minimum absolute atomic E-state index is 0.320. The molecule has 0 amide bonds. The van der Waals surface area contributed by atoms with Gasteiger partial charge in [-0.15, -0.1) is 0 Å². The van der Waals surface area contributed by atoms with Crippen LogP contribution < -0.4 is 0 Å². The molecule has 0 saturated heterocycles.